The molecule has 1 rings (SSSR count). The van der Waals surface area contributed by atoms with E-state index in [1.807, 2.05) is 0 Å². The number of hydrogen-bond acceptors (Lipinski definition) is 3. The third-order valence-electron chi connectivity index (χ3n) is 3.28. The van der Waals surface area contributed by atoms with Gasteiger partial charge in [-0.1, -0.05) is 13.8 Å². The van der Waals surface area contributed by atoms with Crippen LogP contribution < -0.4 is 5.32 Å². The molecule has 1 saturated heterocycles. The van der Waals surface area contributed by atoms with E-state index in [4.69, 9.17) is 4.74 Å². The molecule has 0 radical (unpaired) electrons. The average Bonchev–Trinajstić information content (AvgIpc) is 2.22. The fraction of sp³-hybridized carbons (Fsp3) is 1.00. The van der Waals surface area contributed by atoms with Gasteiger partial charge >= 0.3 is 0 Å². The highest BCUT2D eigenvalue weighted by molar-refractivity contribution is 4.90. The predicted octanol–water partition coefficient (Wildman–Crippen LogP) is 2.12. The summed E-state index contributed by atoms with van der Waals surface area (Å²) >= 11 is 0. The maximum Gasteiger partial charge on any atom is 0.0489 e. The van der Waals surface area contributed by atoms with Gasteiger partial charge in [0.05, 0.1) is 0 Å². The highest BCUT2D eigenvalue weighted by atomic mass is 16.5. The summed E-state index contributed by atoms with van der Waals surface area (Å²) in [6, 6.07) is 0.646. The SMILES string of the molecule is CC(C)COCCCN1CC(C)(C)NCC1C. The van der Waals surface area contributed by atoms with Crippen LogP contribution in [0.15, 0.2) is 0 Å². The molecule has 1 N–H and O–H groups in total. The van der Waals surface area contributed by atoms with Crippen LogP contribution in [0.25, 0.3) is 0 Å². The molecule has 1 atom stereocenters. The summed E-state index contributed by atoms with van der Waals surface area (Å²) in [4.78, 5) is 2.58. The molecule has 102 valence electrons. The van der Waals surface area contributed by atoms with Gasteiger partial charge in [0.15, 0.2) is 0 Å². The van der Waals surface area contributed by atoms with Crippen LogP contribution in [0.4, 0.5) is 0 Å². The molecule has 1 heterocycles. The molecule has 0 aliphatic carbocycles. The van der Waals surface area contributed by atoms with Crippen LogP contribution in [-0.4, -0.2) is 49.3 Å². The van der Waals surface area contributed by atoms with Gasteiger partial charge in [-0.2, -0.15) is 0 Å². The fourth-order valence-corrected chi connectivity index (χ4v) is 2.26. The third-order valence-corrected chi connectivity index (χ3v) is 3.28. The number of nitrogens with zero attached hydrogens (tertiary/aromatic N) is 1. The van der Waals surface area contributed by atoms with Gasteiger partial charge in [0.1, 0.15) is 0 Å². The first-order valence-corrected chi connectivity index (χ1v) is 6.97. The third kappa shape index (κ3) is 5.84. The Kier molecular flexibility index (Phi) is 5.90. The minimum atomic E-state index is 0.255. The molecule has 17 heavy (non-hydrogen) atoms. The standard InChI is InChI=1S/C14H30N2O/c1-12(2)10-17-8-6-7-16-11-14(4,5)15-9-13(16)3/h12-13,15H,6-11H2,1-5H3. The second kappa shape index (κ2) is 6.72. The lowest BCUT2D eigenvalue weighted by Gasteiger charge is -2.43. The van der Waals surface area contributed by atoms with E-state index >= 15 is 0 Å². The summed E-state index contributed by atoms with van der Waals surface area (Å²) in [6.45, 7) is 16.4. The summed E-state index contributed by atoms with van der Waals surface area (Å²) in [5, 5.41) is 3.58. The zero-order chi connectivity index (χ0) is 12.9. The van der Waals surface area contributed by atoms with Gasteiger partial charge in [0.25, 0.3) is 0 Å². The summed E-state index contributed by atoms with van der Waals surface area (Å²) in [5.74, 6) is 0.645. The summed E-state index contributed by atoms with van der Waals surface area (Å²) < 4.78 is 5.63. The van der Waals surface area contributed by atoms with E-state index in [1.54, 1.807) is 0 Å². The lowest BCUT2D eigenvalue weighted by Crippen LogP contribution is -2.60. The van der Waals surface area contributed by atoms with Crippen LogP contribution in [0.2, 0.25) is 0 Å². The molecular weight excluding hydrogens is 212 g/mol. The van der Waals surface area contributed by atoms with Crippen LogP contribution >= 0.6 is 0 Å². The molecule has 3 nitrogen and oxygen atoms in total. The van der Waals surface area contributed by atoms with E-state index in [2.05, 4.69) is 44.8 Å². The van der Waals surface area contributed by atoms with Gasteiger partial charge in [0, 0.05) is 44.4 Å². The molecule has 0 saturated carbocycles. The maximum atomic E-state index is 5.63. The van der Waals surface area contributed by atoms with Crippen molar-refractivity contribution in [2.75, 3.05) is 32.8 Å². The Balaban J connectivity index is 2.16. The molecule has 1 aliphatic heterocycles. The highest BCUT2D eigenvalue weighted by Crippen LogP contribution is 2.14. The molecule has 0 bridgehead atoms. The summed E-state index contributed by atoms with van der Waals surface area (Å²) in [6.07, 6.45) is 1.15. The van der Waals surface area contributed by atoms with Gasteiger partial charge < -0.3 is 10.1 Å². The zero-order valence-electron chi connectivity index (χ0n) is 12.3. The van der Waals surface area contributed by atoms with Crippen molar-refractivity contribution in [2.45, 2.75) is 52.6 Å². The van der Waals surface area contributed by atoms with Crippen molar-refractivity contribution >= 4 is 0 Å². The smallest absolute Gasteiger partial charge is 0.0489 e. The van der Waals surface area contributed by atoms with Crippen molar-refractivity contribution in [1.29, 1.82) is 0 Å². The fourth-order valence-electron chi connectivity index (χ4n) is 2.26. The molecule has 0 amide bonds. The Labute approximate surface area is 107 Å². The van der Waals surface area contributed by atoms with Crippen LogP contribution in [0.1, 0.15) is 41.0 Å². The van der Waals surface area contributed by atoms with Gasteiger partial charge in [-0.15, -0.1) is 0 Å². The number of rotatable bonds is 6. The number of hydrogen-bond donors (Lipinski definition) is 1. The zero-order valence-corrected chi connectivity index (χ0v) is 12.3. The largest absolute Gasteiger partial charge is 0.381 e. The lowest BCUT2D eigenvalue weighted by molar-refractivity contribution is 0.0718. The van der Waals surface area contributed by atoms with Crippen molar-refractivity contribution in [3.8, 4) is 0 Å². The van der Waals surface area contributed by atoms with E-state index in [1.165, 1.54) is 0 Å². The normalized spacial score (nSPS) is 25.4. The average molecular weight is 242 g/mol. The topological polar surface area (TPSA) is 24.5 Å². The lowest BCUT2D eigenvalue weighted by atomic mass is 9.99. The Morgan fingerprint density at radius 3 is 2.76 bits per heavy atom. The molecule has 1 fully saturated rings. The van der Waals surface area contributed by atoms with Gasteiger partial charge in [-0.05, 0) is 33.1 Å². The van der Waals surface area contributed by atoms with E-state index in [9.17, 15) is 0 Å². The quantitative estimate of drug-likeness (QED) is 0.722. The van der Waals surface area contributed by atoms with Crippen LogP contribution in [0, 0.1) is 5.92 Å². The van der Waals surface area contributed by atoms with Crippen LogP contribution in [0.5, 0.6) is 0 Å². The van der Waals surface area contributed by atoms with E-state index in [0.717, 1.165) is 39.3 Å². The number of ether oxygens (including phenoxy) is 1. The molecule has 3 heteroatoms. The van der Waals surface area contributed by atoms with Crippen molar-refractivity contribution in [2.24, 2.45) is 5.92 Å². The Morgan fingerprint density at radius 2 is 2.12 bits per heavy atom. The molecule has 0 aromatic rings. The molecule has 0 aromatic heterocycles. The molecule has 1 aliphatic rings. The first kappa shape index (κ1) is 14.9. The highest BCUT2D eigenvalue weighted by Gasteiger charge is 2.29. The molecule has 1 unspecified atom stereocenters. The molecular formula is C14H30N2O. The number of nitrogens with one attached hydrogen (secondary N) is 1. The minimum Gasteiger partial charge on any atom is -0.381 e. The molecule has 0 aromatic carbocycles. The Bertz CT molecular complexity index is 216. The van der Waals surface area contributed by atoms with Gasteiger partial charge in [-0.3, -0.25) is 4.90 Å². The monoisotopic (exact) mass is 242 g/mol. The number of piperazine rings is 1. The van der Waals surface area contributed by atoms with Crippen molar-refractivity contribution < 1.29 is 4.74 Å². The summed E-state index contributed by atoms with van der Waals surface area (Å²) in [5.41, 5.74) is 0.255. The minimum absolute atomic E-state index is 0.255. The molecule has 0 spiro atoms. The van der Waals surface area contributed by atoms with Gasteiger partial charge in [-0.25, -0.2) is 0 Å². The summed E-state index contributed by atoms with van der Waals surface area (Å²) in [7, 11) is 0. The van der Waals surface area contributed by atoms with E-state index in [0.29, 0.717) is 12.0 Å². The van der Waals surface area contributed by atoms with Crippen LogP contribution in [-0.2, 0) is 4.74 Å². The Hall–Kier alpha value is -0.120. The van der Waals surface area contributed by atoms with Crippen molar-refractivity contribution in [3.63, 3.8) is 0 Å². The first-order chi connectivity index (χ1) is 7.91. The first-order valence-electron chi connectivity index (χ1n) is 6.97. The van der Waals surface area contributed by atoms with E-state index in [-0.39, 0.29) is 5.54 Å². The second-order valence-corrected chi connectivity index (χ2v) is 6.41. The predicted molar refractivity (Wildman–Crippen MR) is 73.4 cm³/mol. The van der Waals surface area contributed by atoms with Crippen molar-refractivity contribution in [3.05, 3.63) is 0 Å². The second-order valence-electron chi connectivity index (χ2n) is 6.41. The van der Waals surface area contributed by atoms with Crippen LogP contribution in [0.3, 0.4) is 0 Å². The Morgan fingerprint density at radius 1 is 1.41 bits per heavy atom. The van der Waals surface area contributed by atoms with E-state index < -0.39 is 0 Å². The van der Waals surface area contributed by atoms with Crippen molar-refractivity contribution in [1.82, 2.24) is 10.2 Å². The van der Waals surface area contributed by atoms with Gasteiger partial charge in [0.2, 0.25) is 0 Å². The maximum absolute atomic E-state index is 5.63.